The Balaban J connectivity index is 1.84. The van der Waals surface area contributed by atoms with Gasteiger partial charge in [-0.2, -0.15) is 0 Å². The Morgan fingerprint density at radius 1 is 1.53 bits per heavy atom. The maximum Gasteiger partial charge on any atom is 0.269 e. The number of carbonyl (C=O) groups is 1. The van der Waals surface area contributed by atoms with Crippen LogP contribution in [0.25, 0.3) is 0 Å². The smallest absolute Gasteiger partial charge is 0.269 e. The molecule has 0 aliphatic carbocycles. The largest absolute Gasteiger partial charge is 0.381 e. The molecule has 1 saturated heterocycles. The highest BCUT2D eigenvalue weighted by atomic mass is 35.5. The molecule has 0 atom stereocenters. The summed E-state index contributed by atoms with van der Waals surface area (Å²) in [4.78, 5) is 15.8. The first-order valence-electron chi connectivity index (χ1n) is 5.73. The topological polar surface area (TPSA) is 51.2 Å². The first-order valence-corrected chi connectivity index (χ1v) is 6.11. The molecule has 0 saturated carbocycles. The van der Waals surface area contributed by atoms with Crippen molar-refractivity contribution in [1.29, 1.82) is 0 Å². The van der Waals surface area contributed by atoms with E-state index in [0.717, 1.165) is 26.1 Å². The maximum absolute atomic E-state index is 11.8. The van der Waals surface area contributed by atoms with Gasteiger partial charge < -0.3 is 10.1 Å². The zero-order valence-electron chi connectivity index (χ0n) is 9.49. The Morgan fingerprint density at radius 3 is 3.00 bits per heavy atom. The van der Waals surface area contributed by atoms with Crippen LogP contribution in [0.4, 0.5) is 0 Å². The highest BCUT2D eigenvalue weighted by Crippen LogP contribution is 2.13. The summed E-state index contributed by atoms with van der Waals surface area (Å²) >= 11 is 5.80. The summed E-state index contributed by atoms with van der Waals surface area (Å²) in [6.07, 6.45) is 3.54. The number of halogens is 1. The lowest BCUT2D eigenvalue weighted by molar-refractivity contribution is 0.0642. The van der Waals surface area contributed by atoms with E-state index in [-0.39, 0.29) is 5.91 Å². The van der Waals surface area contributed by atoms with Crippen molar-refractivity contribution in [2.45, 2.75) is 12.8 Å². The summed E-state index contributed by atoms with van der Waals surface area (Å²) in [5.41, 5.74) is 0.365. The van der Waals surface area contributed by atoms with Gasteiger partial charge in [-0.1, -0.05) is 11.6 Å². The van der Waals surface area contributed by atoms with Gasteiger partial charge in [-0.3, -0.25) is 9.78 Å². The van der Waals surface area contributed by atoms with Crippen LogP contribution in [0, 0.1) is 5.92 Å². The molecule has 0 bridgehead atoms. The van der Waals surface area contributed by atoms with Crippen molar-refractivity contribution >= 4 is 17.5 Å². The van der Waals surface area contributed by atoms with E-state index in [1.165, 1.54) is 6.20 Å². The lowest BCUT2D eigenvalue weighted by Crippen LogP contribution is -2.32. The number of carbonyl (C=O) groups excluding carboxylic acids is 1. The molecule has 1 aromatic heterocycles. The van der Waals surface area contributed by atoms with Gasteiger partial charge in [0.2, 0.25) is 0 Å². The number of aromatic nitrogens is 1. The minimum Gasteiger partial charge on any atom is -0.381 e. The standard InChI is InChI=1S/C12H15ClN2O2/c13-10-1-4-14-11(7-10)12(16)15-8-9-2-5-17-6-3-9/h1,4,7,9H,2-3,5-6,8H2,(H,15,16). The van der Waals surface area contributed by atoms with Crippen LogP contribution < -0.4 is 5.32 Å². The predicted molar refractivity (Wildman–Crippen MR) is 65.1 cm³/mol. The number of ether oxygens (including phenoxy) is 1. The molecule has 1 fully saturated rings. The van der Waals surface area contributed by atoms with E-state index in [1.807, 2.05) is 0 Å². The molecule has 2 rings (SSSR count). The van der Waals surface area contributed by atoms with Crippen LogP contribution >= 0.6 is 11.6 Å². The number of amides is 1. The van der Waals surface area contributed by atoms with Crippen LogP contribution in [0.2, 0.25) is 5.02 Å². The molecule has 1 aliphatic heterocycles. The molecule has 1 aromatic rings. The Bertz CT molecular complexity index is 392. The molecule has 1 amide bonds. The van der Waals surface area contributed by atoms with Crippen molar-refractivity contribution < 1.29 is 9.53 Å². The molecular formula is C12H15ClN2O2. The summed E-state index contributed by atoms with van der Waals surface area (Å²) in [6.45, 7) is 2.25. The predicted octanol–water partition coefficient (Wildman–Crippen LogP) is 1.89. The minimum absolute atomic E-state index is 0.168. The number of rotatable bonds is 3. The summed E-state index contributed by atoms with van der Waals surface area (Å²) in [5.74, 6) is 0.339. The second kappa shape index (κ2) is 5.98. The van der Waals surface area contributed by atoms with Crippen LogP contribution in [0.3, 0.4) is 0 Å². The van der Waals surface area contributed by atoms with Crippen LogP contribution in [-0.4, -0.2) is 30.6 Å². The Hall–Kier alpha value is -1.13. The molecule has 0 aromatic carbocycles. The van der Waals surface area contributed by atoms with Gasteiger partial charge in [0, 0.05) is 31.0 Å². The van der Waals surface area contributed by atoms with Crippen molar-refractivity contribution in [1.82, 2.24) is 10.3 Å². The number of hydrogen-bond donors (Lipinski definition) is 1. The van der Waals surface area contributed by atoms with Crippen LogP contribution in [0.5, 0.6) is 0 Å². The SMILES string of the molecule is O=C(NCC1CCOCC1)c1cc(Cl)ccn1. The first kappa shape index (κ1) is 12.3. The second-order valence-corrected chi connectivity index (χ2v) is 4.56. The third-order valence-corrected chi connectivity index (χ3v) is 3.08. The zero-order valence-corrected chi connectivity index (χ0v) is 10.2. The summed E-state index contributed by atoms with van der Waals surface area (Å²) in [5, 5.41) is 3.40. The maximum atomic E-state index is 11.8. The lowest BCUT2D eigenvalue weighted by atomic mass is 10.0. The molecule has 92 valence electrons. The van der Waals surface area contributed by atoms with Gasteiger partial charge in [0.25, 0.3) is 5.91 Å². The van der Waals surface area contributed by atoms with Gasteiger partial charge in [0.15, 0.2) is 0 Å². The summed E-state index contributed by atoms with van der Waals surface area (Å²) in [6, 6.07) is 3.22. The van der Waals surface area contributed by atoms with E-state index in [1.54, 1.807) is 12.1 Å². The second-order valence-electron chi connectivity index (χ2n) is 4.13. The van der Waals surface area contributed by atoms with Gasteiger partial charge in [-0.05, 0) is 30.9 Å². The zero-order chi connectivity index (χ0) is 12.1. The molecule has 4 nitrogen and oxygen atoms in total. The molecule has 17 heavy (non-hydrogen) atoms. The third kappa shape index (κ3) is 3.68. The molecule has 0 unspecified atom stereocenters. The van der Waals surface area contributed by atoms with Crippen molar-refractivity contribution in [3.05, 3.63) is 29.0 Å². The van der Waals surface area contributed by atoms with Crippen molar-refractivity contribution in [3.63, 3.8) is 0 Å². The first-order chi connectivity index (χ1) is 8.25. The van der Waals surface area contributed by atoms with Gasteiger partial charge in [0.05, 0.1) is 0 Å². The van der Waals surface area contributed by atoms with E-state index < -0.39 is 0 Å². The molecule has 1 N–H and O–H groups in total. The van der Waals surface area contributed by atoms with E-state index in [4.69, 9.17) is 16.3 Å². The highest BCUT2D eigenvalue weighted by Gasteiger charge is 2.15. The quantitative estimate of drug-likeness (QED) is 0.896. The van der Waals surface area contributed by atoms with E-state index in [0.29, 0.717) is 23.2 Å². The van der Waals surface area contributed by atoms with Crippen molar-refractivity contribution in [2.75, 3.05) is 19.8 Å². The van der Waals surface area contributed by atoms with Crippen LogP contribution in [0.1, 0.15) is 23.3 Å². The number of nitrogens with zero attached hydrogens (tertiary/aromatic N) is 1. The molecule has 0 radical (unpaired) electrons. The minimum atomic E-state index is -0.168. The summed E-state index contributed by atoms with van der Waals surface area (Å²) in [7, 11) is 0. The van der Waals surface area contributed by atoms with Crippen molar-refractivity contribution in [2.24, 2.45) is 5.92 Å². The fourth-order valence-electron chi connectivity index (χ4n) is 1.81. The average Bonchev–Trinajstić information content (AvgIpc) is 2.37. The molecule has 1 aliphatic rings. The van der Waals surface area contributed by atoms with Crippen LogP contribution in [0.15, 0.2) is 18.3 Å². The normalized spacial score (nSPS) is 16.8. The van der Waals surface area contributed by atoms with Gasteiger partial charge in [-0.15, -0.1) is 0 Å². The molecular weight excluding hydrogens is 240 g/mol. The summed E-state index contributed by atoms with van der Waals surface area (Å²) < 4.78 is 5.26. The van der Waals surface area contributed by atoms with Crippen LogP contribution in [-0.2, 0) is 4.74 Å². The average molecular weight is 255 g/mol. The Kier molecular flexibility index (Phi) is 4.34. The number of hydrogen-bond acceptors (Lipinski definition) is 3. The Labute approximate surface area is 105 Å². The Morgan fingerprint density at radius 2 is 2.29 bits per heavy atom. The van der Waals surface area contributed by atoms with E-state index in [2.05, 4.69) is 10.3 Å². The van der Waals surface area contributed by atoms with Crippen molar-refractivity contribution in [3.8, 4) is 0 Å². The molecule has 0 spiro atoms. The number of nitrogens with one attached hydrogen (secondary N) is 1. The fourth-order valence-corrected chi connectivity index (χ4v) is 1.97. The molecule has 5 heteroatoms. The number of pyridine rings is 1. The van der Waals surface area contributed by atoms with E-state index in [9.17, 15) is 4.79 Å². The van der Waals surface area contributed by atoms with Gasteiger partial charge in [-0.25, -0.2) is 0 Å². The monoisotopic (exact) mass is 254 g/mol. The van der Waals surface area contributed by atoms with Gasteiger partial charge >= 0.3 is 0 Å². The van der Waals surface area contributed by atoms with E-state index >= 15 is 0 Å². The third-order valence-electron chi connectivity index (χ3n) is 2.85. The molecule has 2 heterocycles. The lowest BCUT2D eigenvalue weighted by Gasteiger charge is -2.22. The fraction of sp³-hybridized carbons (Fsp3) is 0.500. The van der Waals surface area contributed by atoms with Gasteiger partial charge in [0.1, 0.15) is 5.69 Å². The highest BCUT2D eigenvalue weighted by molar-refractivity contribution is 6.30.